The van der Waals surface area contributed by atoms with Crippen LogP contribution in [0.1, 0.15) is 11.1 Å². The molecule has 0 fully saturated rings. The van der Waals surface area contributed by atoms with E-state index in [4.69, 9.17) is 0 Å². The standard InChI is InChI=1S/C27H20F2N4O/c28-22-7-10-25(29)21(11-22)16-33(23-8-5-18(6-9-23)26-15-31-17-32-26)27(34)12-20-14-30-13-19-3-1-2-4-24(19)20/h1-11,13-15,17H,12,16H2,(H,31,32). The van der Waals surface area contributed by atoms with E-state index in [-0.39, 0.29) is 24.4 Å². The van der Waals surface area contributed by atoms with Crippen LogP contribution < -0.4 is 4.90 Å². The number of halogens is 2. The molecule has 2 heterocycles. The Bertz CT molecular complexity index is 1440. The lowest BCUT2D eigenvalue weighted by atomic mass is 10.0. The number of nitrogens with zero attached hydrogens (tertiary/aromatic N) is 3. The summed E-state index contributed by atoms with van der Waals surface area (Å²) in [6, 6.07) is 18.2. The average Bonchev–Trinajstić information content (AvgIpc) is 3.40. The summed E-state index contributed by atoms with van der Waals surface area (Å²) >= 11 is 0. The summed E-state index contributed by atoms with van der Waals surface area (Å²) < 4.78 is 28.3. The summed E-state index contributed by atoms with van der Waals surface area (Å²) in [6.45, 7) is -0.107. The molecule has 0 aliphatic heterocycles. The molecule has 0 aliphatic rings. The molecule has 0 spiro atoms. The van der Waals surface area contributed by atoms with E-state index in [2.05, 4.69) is 15.0 Å². The molecule has 0 bridgehead atoms. The van der Waals surface area contributed by atoms with Crippen molar-refractivity contribution in [1.29, 1.82) is 0 Å². The highest BCUT2D eigenvalue weighted by molar-refractivity contribution is 5.97. The molecular weight excluding hydrogens is 434 g/mol. The van der Waals surface area contributed by atoms with E-state index in [1.54, 1.807) is 37.1 Å². The van der Waals surface area contributed by atoms with Crippen molar-refractivity contribution in [2.24, 2.45) is 0 Å². The van der Waals surface area contributed by atoms with Gasteiger partial charge in [0.05, 0.1) is 31.2 Å². The summed E-state index contributed by atoms with van der Waals surface area (Å²) in [4.78, 5) is 26.3. The molecule has 0 aliphatic carbocycles. The number of H-pyrrole nitrogens is 1. The summed E-state index contributed by atoms with van der Waals surface area (Å²) in [6.07, 6.45) is 6.77. The Hall–Kier alpha value is -4.39. The molecule has 1 N–H and O–H groups in total. The number of fused-ring (bicyclic) bond motifs is 1. The number of pyridine rings is 1. The van der Waals surface area contributed by atoms with E-state index in [9.17, 15) is 13.6 Å². The van der Waals surface area contributed by atoms with E-state index in [0.717, 1.165) is 45.8 Å². The normalized spacial score (nSPS) is 11.0. The molecule has 0 radical (unpaired) electrons. The zero-order valence-corrected chi connectivity index (χ0v) is 18.1. The van der Waals surface area contributed by atoms with Gasteiger partial charge in [-0.1, -0.05) is 36.4 Å². The minimum atomic E-state index is -0.569. The van der Waals surface area contributed by atoms with Crippen LogP contribution in [-0.2, 0) is 17.8 Å². The van der Waals surface area contributed by atoms with Crippen LogP contribution in [0.25, 0.3) is 22.0 Å². The molecule has 0 saturated carbocycles. The Morgan fingerprint density at radius 2 is 1.71 bits per heavy atom. The van der Waals surface area contributed by atoms with Gasteiger partial charge in [-0.2, -0.15) is 0 Å². The highest BCUT2D eigenvalue weighted by atomic mass is 19.1. The zero-order valence-electron chi connectivity index (χ0n) is 18.1. The predicted octanol–water partition coefficient (Wildman–Crippen LogP) is 5.68. The molecule has 0 saturated heterocycles. The first-order chi connectivity index (χ1) is 16.6. The summed E-state index contributed by atoms with van der Waals surface area (Å²) in [5.74, 6) is -1.38. The fourth-order valence-electron chi connectivity index (χ4n) is 3.97. The summed E-state index contributed by atoms with van der Waals surface area (Å²) in [5.41, 5.74) is 3.17. The van der Waals surface area contributed by atoms with Gasteiger partial charge in [-0.25, -0.2) is 13.8 Å². The fraction of sp³-hybridized carbons (Fsp3) is 0.0741. The predicted molar refractivity (Wildman–Crippen MR) is 127 cm³/mol. The number of amides is 1. The number of carbonyl (C=O) groups excluding carboxylic acids is 1. The van der Waals surface area contributed by atoms with Crippen molar-refractivity contribution in [1.82, 2.24) is 15.0 Å². The maximum Gasteiger partial charge on any atom is 0.231 e. The average molecular weight is 454 g/mol. The number of aromatic amines is 1. The highest BCUT2D eigenvalue weighted by Crippen LogP contribution is 2.26. The van der Waals surface area contributed by atoms with Gasteiger partial charge in [-0.05, 0) is 46.8 Å². The van der Waals surface area contributed by atoms with Crippen molar-refractivity contribution in [3.63, 3.8) is 0 Å². The second-order valence-corrected chi connectivity index (χ2v) is 7.92. The maximum absolute atomic E-state index is 14.5. The van der Waals surface area contributed by atoms with Crippen LogP contribution >= 0.6 is 0 Å². The van der Waals surface area contributed by atoms with E-state index in [0.29, 0.717) is 5.69 Å². The molecular formula is C27H20F2N4O. The monoisotopic (exact) mass is 454 g/mol. The lowest BCUT2D eigenvalue weighted by molar-refractivity contribution is -0.118. The third-order valence-electron chi connectivity index (χ3n) is 5.72. The lowest BCUT2D eigenvalue weighted by Crippen LogP contribution is -2.32. The van der Waals surface area contributed by atoms with Gasteiger partial charge in [0.1, 0.15) is 11.6 Å². The summed E-state index contributed by atoms with van der Waals surface area (Å²) in [7, 11) is 0. The van der Waals surface area contributed by atoms with Gasteiger partial charge < -0.3 is 9.88 Å². The highest BCUT2D eigenvalue weighted by Gasteiger charge is 2.20. The van der Waals surface area contributed by atoms with Crippen molar-refractivity contribution >= 4 is 22.4 Å². The molecule has 34 heavy (non-hydrogen) atoms. The first-order valence-corrected chi connectivity index (χ1v) is 10.7. The largest absolute Gasteiger partial charge is 0.345 e. The van der Waals surface area contributed by atoms with Crippen molar-refractivity contribution in [2.75, 3.05) is 4.90 Å². The SMILES string of the molecule is O=C(Cc1cncc2ccccc12)N(Cc1cc(F)ccc1F)c1ccc(-c2cnc[nH]2)cc1. The number of hydrogen-bond acceptors (Lipinski definition) is 3. The van der Waals surface area contributed by atoms with Gasteiger partial charge in [0, 0.05) is 29.0 Å². The third kappa shape index (κ3) is 4.41. The number of anilines is 1. The van der Waals surface area contributed by atoms with Gasteiger partial charge >= 0.3 is 0 Å². The van der Waals surface area contributed by atoms with Crippen LogP contribution in [0.15, 0.2) is 91.6 Å². The number of rotatable bonds is 6. The summed E-state index contributed by atoms with van der Waals surface area (Å²) in [5, 5.41) is 1.86. The van der Waals surface area contributed by atoms with Gasteiger partial charge in [0.15, 0.2) is 0 Å². The van der Waals surface area contributed by atoms with Crippen LogP contribution in [0, 0.1) is 11.6 Å². The van der Waals surface area contributed by atoms with Crippen LogP contribution in [-0.4, -0.2) is 20.9 Å². The van der Waals surface area contributed by atoms with E-state index in [1.165, 1.54) is 4.90 Å². The van der Waals surface area contributed by atoms with Gasteiger partial charge in [-0.15, -0.1) is 0 Å². The van der Waals surface area contributed by atoms with Gasteiger partial charge in [0.25, 0.3) is 0 Å². The Balaban J connectivity index is 1.50. The number of imidazole rings is 1. The first kappa shape index (κ1) is 21.5. The van der Waals surface area contributed by atoms with Crippen molar-refractivity contribution < 1.29 is 13.6 Å². The molecule has 5 nitrogen and oxygen atoms in total. The minimum Gasteiger partial charge on any atom is -0.345 e. The van der Waals surface area contributed by atoms with Crippen LogP contribution in [0.5, 0.6) is 0 Å². The van der Waals surface area contributed by atoms with Crippen LogP contribution in [0.2, 0.25) is 0 Å². The molecule has 168 valence electrons. The fourth-order valence-corrected chi connectivity index (χ4v) is 3.97. The van der Waals surface area contributed by atoms with Crippen molar-refractivity contribution in [3.05, 3.63) is 114 Å². The number of carbonyl (C=O) groups is 1. The first-order valence-electron chi connectivity index (χ1n) is 10.7. The lowest BCUT2D eigenvalue weighted by Gasteiger charge is -2.24. The molecule has 7 heteroatoms. The molecule has 2 aromatic heterocycles. The van der Waals surface area contributed by atoms with E-state index in [1.807, 2.05) is 36.4 Å². The van der Waals surface area contributed by atoms with Crippen molar-refractivity contribution in [3.8, 4) is 11.3 Å². The smallest absolute Gasteiger partial charge is 0.231 e. The van der Waals surface area contributed by atoms with E-state index < -0.39 is 11.6 Å². The number of nitrogens with one attached hydrogen (secondary N) is 1. The molecule has 5 aromatic rings. The number of benzene rings is 3. The molecule has 0 atom stereocenters. The second kappa shape index (κ2) is 9.23. The molecule has 1 amide bonds. The Morgan fingerprint density at radius 3 is 2.50 bits per heavy atom. The van der Waals surface area contributed by atoms with Crippen LogP contribution in [0.3, 0.4) is 0 Å². The second-order valence-electron chi connectivity index (χ2n) is 7.92. The Kier molecular flexibility index (Phi) is 5.82. The zero-order chi connectivity index (χ0) is 23.5. The molecule has 5 rings (SSSR count). The maximum atomic E-state index is 14.5. The topological polar surface area (TPSA) is 61.9 Å². The van der Waals surface area contributed by atoms with Crippen LogP contribution in [0.4, 0.5) is 14.5 Å². The molecule has 0 unspecified atom stereocenters. The quantitative estimate of drug-likeness (QED) is 0.359. The van der Waals surface area contributed by atoms with Gasteiger partial charge in [-0.3, -0.25) is 9.78 Å². The Morgan fingerprint density at radius 1 is 0.882 bits per heavy atom. The third-order valence-corrected chi connectivity index (χ3v) is 5.72. The van der Waals surface area contributed by atoms with Gasteiger partial charge in [0.2, 0.25) is 5.91 Å². The minimum absolute atomic E-state index is 0.0631. The number of aromatic nitrogens is 3. The number of hydrogen-bond donors (Lipinski definition) is 1. The van der Waals surface area contributed by atoms with Crippen molar-refractivity contribution in [2.45, 2.75) is 13.0 Å². The van der Waals surface area contributed by atoms with E-state index >= 15 is 0 Å². The Labute approximate surface area is 194 Å². The molecule has 3 aromatic carbocycles.